The minimum Gasteiger partial charge on any atom is -0.444 e. The molecule has 0 bridgehead atoms. The third-order valence-electron chi connectivity index (χ3n) is 2.87. The van der Waals surface area contributed by atoms with Crippen LogP contribution in [0.15, 0.2) is 18.3 Å². The Labute approximate surface area is 112 Å². The molecule has 2 heterocycles. The number of rotatable bonds is 2. The van der Waals surface area contributed by atoms with Gasteiger partial charge in [-0.3, -0.25) is 15.7 Å². The van der Waals surface area contributed by atoms with Gasteiger partial charge in [0.25, 0.3) is 0 Å². The third kappa shape index (κ3) is 3.35. The highest BCUT2D eigenvalue weighted by Gasteiger charge is 2.35. The molecule has 2 N–H and O–H groups in total. The molecule has 0 aromatic carbocycles. The summed E-state index contributed by atoms with van der Waals surface area (Å²) in [4.78, 5) is 17.7. The molecule has 1 aromatic heterocycles. The molecule has 6 nitrogen and oxygen atoms in total. The highest BCUT2D eigenvalue weighted by molar-refractivity contribution is 5.69. The normalized spacial score (nSPS) is 15.9. The van der Waals surface area contributed by atoms with Crippen LogP contribution in [0, 0.1) is 0 Å². The van der Waals surface area contributed by atoms with Gasteiger partial charge in [0.2, 0.25) is 0 Å². The molecule has 0 spiro atoms. The molecule has 1 aromatic rings. The Bertz CT molecular complexity index is 447. The molecule has 0 radical (unpaired) electrons. The summed E-state index contributed by atoms with van der Waals surface area (Å²) < 4.78 is 5.29. The molecule has 0 aliphatic carbocycles. The van der Waals surface area contributed by atoms with Gasteiger partial charge in [0.1, 0.15) is 5.60 Å². The van der Waals surface area contributed by atoms with Crippen molar-refractivity contribution >= 4 is 11.8 Å². The Morgan fingerprint density at radius 2 is 2.16 bits per heavy atom. The van der Waals surface area contributed by atoms with Crippen molar-refractivity contribution < 1.29 is 14.7 Å². The molecule has 104 valence electrons. The van der Waals surface area contributed by atoms with Gasteiger partial charge < -0.3 is 9.64 Å². The Morgan fingerprint density at radius 3 is 2.63 bits per heavy atom. The maximum absolute atomic E-state index is 11.8. The van der Waals surface area contributed by atoms with E-state index in [1.807, 2.05) is 32.3 Å². The zero-order valence-corrected chi connectivity index (χ0v) is 11.4. The van der Waals surface area contributed by atoms with Gasteiger partial charge in [-0.1, -0.05) is 0 Å². The largest absolute Gasteiger partial charge is 0.444 e. The van der Waals surface area contributed by atoms with E-state index in [-0.39, 0.29) is 12.0 Å². The van der Waals surface area contributed by atoms with E-state index in [0.29, 0.717) is 18.8 Å². The van der Waals surface area contributed by atoms with E-state index in [1.165, 1.54) is 0 Å². The van der Waals surface area contributed by atoms with Crippen LogP contribution in [0.1, 0.15) is 32.4 Å². The Kier molecular flexibility index (Phi) is 3.61. The number of amides is 1. The Morgan fingerprint density at radius 1 is 1.47 bits per heavy atom. The second kappa shape index (κ2) is 5.05. The molecule has 1 fully saturated rings. The zero-order valence-electron chi connectivity index (χ0n) is 11.4. The minimum atomic E-state index is -0.463. The summed E-state index contributed by atoms with van der Waals surface area (Å²) in [5.41, 5.74) is 3.04. The average Bonchev–Trinajstić information content (AvgIpc) is 2.25. The molecule has 0 saturated carbocycles. The van der Waals surface area contributed by atoms with Crippen LogP contribution in [-0.4, -0.2) is 39.9 Å². The molecular formula is C13H19N3O3. The molecule has 0 atom stereocenters. The lowest BCUT2D eigenvalue weighted by Gasteiger charge is -2.39. The van der Waals surface area contributed by atoms with E-state index in [1.54, 1.807) is 17.2 Å². The van der Waals surface area contributed by atoms with E-state index < -0.39 is 5.60 Å². The number of ether oxygens (including phenoxy) is 1. The van der Waals surface area contributed by atoms with Crippen molar-refractivity contribution in [3.8, 4) is 0 Å². The Balaban J connectivity index is 1.87. The number of carbonyl (C=O) groups excluding carboxylic acids is 1. The predicted molar refractivity (Wildman–Crippen MR) is 70.2 cm³/mol. The molecule has 0 unspecified atom stereocenters. The van der Waals surface area contributed by atoms with Crippen LogP contribution in [0.2, 0.25) is 0 Å². The highest BCUT2D eigenvalue weighted by Crippen LogP contribution is 2.27. The zero-order chi connectivity index (χ0) is 14.0. The quantitative estimate of drug-likeness (QED) is 0.802. The fourth-order valence-corrected chi connectivity index (χ4v) is 1.85. The van der Waals surface area contributed by atoms with Gasteiger partial charge in [-0.25, -0.2) is 4.79 Å². The molecule has 1 amide bonds. The minimum absolute atomic E-state index is 0.236. The summed E-state index contributed by atoms with van der Waals surface area (Å²) in [6, 6.07) is 3.59. The van der Waals surface area contributed by atoms with E-state index in [4.69, 9.17) is 9.94 Å². The van der Waals surface area contributed by atoms with Crippen molar-refractivity contribution in [2.24, 2.45) is 0 Å². The average molecular weight is 265 g/mol. The molecule has 2 rings (SSSR count). The molecule has 1 aliphatic heterocycles. The van der Waals surface area contributed by atoms with Gasteiger partial charge >= 0.3 is 6.09 Å². The van der Waals surface area contributed by atoms with E-state index >= 15 is 0 Å². The van der Waals surface area contributed by atoms with Gasteiger partial charge in [0.15, 0.2) is 0 Å². The lowest BCUT2D eigenvalue weighted by atomic mass is 9.96. The second-order valence-electron chi connectivity index (χ2n) is 5.67. The molecule has 1 aliphatic rings. The van der Waals surface area contributed by atoms with Crippen LogP contribution in [-0.2, 0) is 4.74 Å². The summed E-state index contributed by atoms with van der Waals surface area (Å²) in [6.45, 7) is 6.79. The van der Waals surface area contributed by atoms with Gasteiger partial charge in [-0.05, 0) is 32.9 Å². The summed E-state index contributed by atoms with van der Waals surface area (Å²) >= 11 is 0. The first-order valence-electron chi connectivity index (χ1n) is 6.23. The van der Waals surface area contributed by atoms with Crippen LogP contribution in [0.4, 0.5) is 10.5 Å². The lowest BCUT2D eigenvalue weighted by Crippen LogP contribution is -2.50. The first-order valence-corrected chi connectivity index (χ1v) is 6.23. The number of nitrogens with zero attached hydrogens (tertiary/aromatic N) is 2. The number of likely N-dealkylation sites (tertiary alicyclic amines) is 1. The SMILES string of the molecule is CC(C)(C)OC(=O)N1CC(c2ccc(NO)cn2)C1. The highest BCUT2D eigenvalue weighted by atomic mass is 16.6. The van der Waals surface area contributed by atoms with E-state index in [9.17, 15) is 4.79 Å². The van der Waals surface area contributed by atoms with Crippen LogP contribution >= 0.6 is 0 Å². The summed E-state index contributed by atoms with van der Waals surface area (Å²) in [5.74, 6) is 0.236. The molecular weight excluding hydrogens is 246 g/mol. The number of carbonyl (C=O) groups is 1. The fraction of sp³-hybridized carbons (Fsp3) is 0.538. The maximum Gasteiger partial charge on any atom is 0.410 e. The second-order valence-corrected chi connectivity index (χ2v) is 5.67. The predicted octanol–water partition coefficient (Wildman–Crippen LogP) is 2.22. The standard InChI is InChI=1S/C13H19N3O3/c1-13(2,3)19-12(17)16-7-9(8-16)11-5-4-10(15-18)6-14-11/h4-6,9,15,18H,7-8H2,1-3H3. The summed E-state index contributed by atoms with van der Waals surface area (Å²) in [7, 11) is 0. The van der Waals surface area contributed by atoms with Crippen LogP contribution in [0.25, 0.3) is 0 Å². The Hall–Kier alpha value is -1.82. The smallest absolute Gasteiger partial charge is 0.410 e. The monoisotopic (exact) mass is 265 g/mol. The summed E-state index contributed by atoms with van der Waals surface area (Å²) in [5, 5.41) is 8.70. The number of aromatic nitrogens is 1. The number of nitrogens with one attached hydrogen (secondary N) is 1. The van der Waals surface area contributed by atoms with Crippen molar-refractivity contribution in [3.05, 3.63) is 24.0 Å². The first-order chi connectivity index (χ1) is 8.89. The number of pyridine rings is 1. The molecule has 1 saturated heterocycles. The van der Waals surface area contributed by atoms with Crippen molar-refractivity contribution in [1.82, 2.24) is 9.88 Å². The number of anilines is 1. The number of hydrogen-bond donors (Lipinski definition) is 2. The van der Waals surface area contributed by atoms with Crippen LogP contribution < -0.4 is 5.48 Å². The molecule has 6 heteroatoms. The topological polar surface area (TPSA) is 74.7 Å². The van der Waals surface area contributed by atoms with Gasteiger partial charge in [-0.15, -0.1) is 0 Å². The van der Waals surface area contributed by atoms with Crippen molar-refractivity contribution in [2.45, 2.75) is 32.3 Å². The fourth-order valence-electron chi connectivity index (χ4n) is 1.85. The van der Waals surface area contributed by atoms with Gasteiger partial charge in [0, 0.05) is 24.7 Å². The van der Waals surface area contributed by atoms with Crippen LogP contribution in [0.5, 0.6) is 0 Å². The van der Waals surface area contributed by atoms with Crippen molar-refractivity contribution in [1.29, 1.82) is 0 Å². The van der Waals surface area contributed by atoms with Gasteiger partial charge in [-0.2, -0.15) is 0 Å². The van der Waals surface area contributed by atoms with Crippen LogP contribution in [0.3, 0.4) is 0 Å². The van der Waals surface area contributed by atoms with E-state index in [2.05, 4.69) is 4.98 Å². The first kappa shape index (κ1) is 13.6. The summed E-state index contributed by atoms with van der Waals surface area (Å²) in [6.07, 6.45) is 1.28. The lowest BCUT2D eigenvalue weighted by molar-refractivity contribution is 0.00788. The van der Waals surface area contributed by atoms with E-state index in [0.717, 1.165) is 5.69 Å². The van der Waals surface area contributed by atoms with Crippen molar-refractivity contribution in [2.75, 3.05) is 18.6 Å². The van der Waals surface area contributed by atoms with Crippen molar-refractivity contribution in [3.63, 3.8) is 0 Å². The van der Waals surface area contributed by atoms with Gasteiger partial charge in [0.05, 0.1) is 11.9 Å². The number of hydrogen-bond acceptors (Lipinski definition) is 5. The third-order valence-corrected chi connectivity index (χ3v) is 2.87. The maximum atomic E-state index is 11.8. The molecule has 19 heavy (non-hydrogen) atoms.